The lowest BCUT2D eigenvalue weighted by Crippen LogP contribution is -2.05. The first kappa shape index (κ1) is 13.0. The van der Waals surface area contributed by atoms with Crippen LogP contribution in [0.2, 0.25) is 0 Å². The molecule has 1 aromatic carbocycles. The third kappa shape index (κ3) is 2.70. The number of anilines is 1. The van der Waals surface area contributed by atoms with Gasteiger partial charge in [-0.25, -0.2) is 13.4 Å². The molecule has 0 aliphatic rings. The molecule has 0 aliphatic heterocycles. The van der Waals surface area contributed by atoms with Crippen LogP contribution in [0.1, 0.15) is 16.3 Å². The van der Waals surface area contributed by atoms with E-state index in [2.05, 4.69) is 4.98 Å². The molecule has 0 saturated heterocycles. The van der Waals surface area contributed by atoms with Gasteiger partial charge in [0.05, 0.1) is 4.90 Å². The highest BCUT2D eigenvalue weighted by Crippen LogP contribution is 2.22. The number of sulfone groups is 1. The molecule has 2 N–H and O–H groups in total. The van der Waals surface area contributed by atoms with Crippen LogP contribution in [0.25, 0.3) is 0 Å². The van der Waals surface area contributed by atoms with E-state index in [-0.39, 0.29) is 5.75 Å². The molecule has 2 aromatic rings. The number of aromatic nitrogens is 1. The number of hydrogen-bond acceptors (Lipinski definition) is 5. The minimum absolute atomic E-state index is 0.0607. The predicted octanol–water partition coefficient (Wildman–Crippen LogP) is 2.32. The Morgan fingerprint density at radius 2 is 2.06 bits per heavy atom. The van der Waals surface area contributed by atoms with E-state index < -0.39 is 9.84 Å². The van der Waals surface area contributed by atoms with Crippen LogP contribution in [-0.4, -0.2) is 13.4 Å². The lowest BCUT2D eigenvalue weighted by Gasteiger charge is -2.05. The number of thiazole rings is 1. The zero-order valence-corrected chi connectivity index (χ0v) is 11.8. The lowest BCUT2D eigenvalue weighted by atomic mass is 10.2. The predicted molar refractivity (Wildman–Crippen MR) is 73.3 cm³/mol. The third-order valence-corrected chi connectivity index (χ3v) is 5.36. The van der Waals surface area contributed by atoms with Crippen molar-refractivity contribution >= 4 is 26.9 Å². The van der Waals surface area contributed by atoms with Crippen molar-refractivity contribution in [1.29, 1.82) is 0 Å². The van der Waals surface area contributed by atoms with Gasteiger partial charge in [-0.2, -0.15) is 0 Å². The maximum absolute atomic E-state index is 12.2. The monoisotopic (exact) mass is 282 g/mol. The molecule has 0 bridgehead atoms. The van der Waals surface area contributed by atoms with Crippen LogP contribution >= 0.6 is 11.3 Å². The Kier molecular flexibility index (Phi) is 3.41. The first-order valence-corrected chi connectivity index (χ1v) is 7.91. The molecule has 2 rings (SSSR count). The Hall–Kier alpha value is -1.40. The standard InChI is InChI=1S/C12H14N2O2S2/c1-8-5-10(3-4-11(8)13)18(15,16)7-12-14-9(2)6-17-12/h3-6H,7,13H2,1-2H3. The maximum atomic E-state index is 12.2. The minimum Gasteiger partial charge on any atom is -0.399 e. The van der Waals surface area contributed by atoms with Gasteiger partial charge in [-0.1, -0.05) is 0 Å². The van der Waals surface area contributed by atoms with Gasteiger partial charge in [-0.15, -0.1) is 11.3 Å². The second-order valence-corrected chi connectivity index (χ2v) is 7.09. The zero-order valence-electron chi connectivity index (χ0n) is 10.2. The Bertz CT molecular complexity index is 675. The number of nitrogen functional groups attached to an aromatic ring is 1. The Morgan fingerprint density at radius 3 is 2.61 bits per heavy atom. The van der Waals surface area contributed by atoms with E-state index in [0.29, 0.717) is 15.6 Å². The average Bonchev–Trinajstić information content (AvgIpc) is 2.67. The van der Waals surface area contributed by atoms with E-state index in [1.54, 1.807) is 19.1 Å². The smallest absolute Gasteiger partial charge is 0.184 e. The summed E-state index contributed by atoms with van der Waals surface area (Å²) in [7, 11) is -3.35. The first-order chi connectivity index (χ1) is 8.38. The zero-order chi connectivity index (χ0) is 13.3. The summed E-state index contributed by atoms with van der Waals surface area (Å²) in [6.07, 6.45) is 0. The topological polar surface area (TPSA) is 73.0 Å². The fraction of sp³-hybridized carbons (Fsp3) is 0.250. The first-order valence-electron chi connectivity index (χ1n) is 5.38. The van der Waals surface area contributed by atoms with Crippen molar-refractivity contribution in [3.8, 4) is 0 Å². The molecule has 0 saturated carbocycles. The van der Waals surface area contributed by atoms with Gasteiger partial charge < -0.3 is 5.73 Å². The summed E-state index contributed by atoms with van der Waals surface area (Å²) < 4.78 is 24.4. The number of nitrogens with two attached hydrogens (primary N) is 1. The van der Waals surface area contributed by atoms with Crippen molar-refractivity contribution in [3.63, 3.8) is 0 Å². The van der Waals surface area contributed by atoms with Crippen LogP contribution in [0.15, 0.2) is 28.5 Å². The summed E-state index contributed by atoms with van der Waals surface area (Å²) in [6, 6.07) is 4.76. The summed E-state index contributed by atoms with van der Waals surface area (Å²) >= 11 is 1.36. The molecule has 6 heteroatoms. The van der Waals surface area contributed by atoms with E-state index in [1.165, 1.54) is 17.4 Å². The van der Waals surface area contributed by atoms with Crippen molar-refractivity contribution in [2.75, 3.05) is 5.73 Å². The number of nitrogens with zero attached hydrogens (tertiary/aromatic N) is 1. The molecule has 0 fully saturated rings. The number of hydrogen-bond donors (Lipinski definition) is 1. The molecular weight excluding hydrogens is 268 g/mol. The van der Waals surface area contributed by atoms with E-state index in [9.17, 15) is 8.42 Å². The largest absolute Gasteiger partial charge is 0.399 e. The number of benzene rings is 1. The second-order valence-electron chi connectivity index (χ2n) is 4.16. The highest BCUT2D eigenvalue weighted by atomic mass is 32.2. The lowest BCUT2D eigenvalue weighted by molar-refractivity contribution is 0.595. The third-order valence-electron chi connectivity index (χ3n) is 2.58. The van der Waals surface area contributed by atoms with Gasteiger partial charge in [0, 0.05) is 16.8 Å². The molecule has 4 nitrogen and oxygen atoms in total. The Morgan fingerprint density at radius 1 is 1.33 bits per heavy atom. The average molecular weight is 282 g/mol. The van der Waals surface area contributed by atoms with E-state index in [0.717, 1.165) is 11.3 Å². The summed E-state index contributed by atoms with van der Waals surface area (Å²) in [5.41, 5.74) is 7.89. The highest BCUT2D eigenvalue weighted by Gasteiger charge is 2.17. The van der Waals surface area contributed by atoms with Gasteiger partial charge >= 0.3 is 0 Å². The molecular formula is C12H14N2O2S2. The molecule has 0 unspecified atom stereocenters. The molecule has 0 atom stereocenters. The van der Waals surface area contributed by atoms with Gasteiger partial charge in [0.25, 0.3) is 0 Å². The van der Waals surface area contributed by atoms with Gasteiger partial charge in [0.1, 0.15) is 10.8 Å². The molecule has 1 heterocycles. The number of rotatable bonds is 3. The van der Waals surface area contributed by atoms with Gasteiger partial charge in [0.15, 0.2) is 9.84 Å². The van der Waals surface area contributed by atoms with Crippen molar-refractivity contribution in [3.05, 3.63) is 39.8 Å². The summed E-state index contributed by atoms with van der Waals surface area (Å²) in [4.78, 5) is 4.47. The van der Waals surface area contributed by atoms with Crippen molar-refractivity contribution in [2.45, 2.75) is 24.5 Å². The molecule has 0 amide bonds. The fourth-order valence-electron chi connectivity index (χ4n) is 1.56. The van der Waals surface area contributed by atoms with Crippen LogP contribution in [0.3, 0.4) is 0 Å². The molecule has 0 spiro atoms. The highest BCUT2D eigenvalue weighted by molar-refractivity contribution is 7.90. The molecule has 1 aromatic heterocycles. The Labute approximate surface area is 110 Å². The van der Waals surface area contributed by atoms with E-state index >= 15 is 0 Å². The minimum atomic E-state index is -3.35. The van der Waals surface area contributed by atoms with Crippen molar-refractivity contribution in [1.82, 2.24) is 4.98 Å². The van der Waals surface area contributed by atoms with Gasteiger partial charge in [-0.05, 0) is 37.6 Å². The van der Waals surface area contributed by atoms with Gasteiger partial charge in [-0.3, -0.25) is 0 Å². The fourth-order valence-corrected chi connectivity index (χ4v) is 4.04. The summed E-state index contributed by atoms with van der Waals surface area (Å²) in [5, 5.41) is 2.46. The molecule has 96 valence electrons. The molecule has 0 radical (unpaired) electrons. The van der Waals surface area contributed by atoms with E-state index in [1.807, 2.05) is 12.3 Å². The van der Waals surface area contributed by atoms with E-state index in [4.69, 9.17) is 5.73 Å². The normalized spacial score (nSPS) is 11.7. The van der Waals surface area contributed by atoms with Crippen LogP contribution in [0.4, 0.5) is 5.69 Å². The van der Waals surface area contributed by atoms with Crippen LogP contribution < -0.4 is 5.73 Å². The van der Waals surface area contributed by atoms with Gasteiger partial charge in [0.2, 0.25) is 0 Å². The SMILES string of the molecule is Cc1csc(CS(=O)(=O)c2ccc(N)c(C)c2)n1. The second kappa shape index (κ2) is 4.70. The number of aryl methyl sites for hydroxylation is 2. The Balaban J connectivity index is 2.33. The molecule has 18 heavy (non-hydrogen) atoms. The quantitative estimate of drug-likeness (QED) is 0.877. The van der Waals surface area contributed by atoms with Crippen LogP contribution in [-0.2, 0) is 15.6 Å². The summed E-state index contributed by atoms with van der Waals surface area (Å²) in [6.45, 7) is 3.64. The van der Waals surface area contributed by atoms with Crippen molar-refractivity contribution in [2.24, 2.45) is 0 Å². The summed E-state index contributed by atoms with van der Waals surface area (Å²) in [5.74, 6) is -0.0607. The van der Waals surface area contributed by atoms with Crippen LogP contribution in [0, 0.1) is 13.8 Å². The van der Waals surface area contributed by atoms with Crippen LogP contribution in [0.5, 0.6) is 0 Å². The molecule has 0 aliphatic carbocycles. The maximum Gasteiger partial charge on any atom is 0.184 e. The van der Waals surface area contributed by atoms with Crippen molar-refractivity contribution < 1.29 is 8.42 Å².